The second-order valence-corrected chi connectivity index (χ2v) is 5.53. The summed E-state index contributed by atoms with van der Waals surface area (Å²) in [5, 5.41) is 11.7. The van der Waals surface area contributed by atoms with Crippen molar-refractivity contribution in [2.24, 2.45) is 7.05 Å². The minimum atomic E-state index is 0.553. The van der Waals surface area contributed by atoms with Crippen LogP contribution in [0.5, 0.6) is 5.75 Å². The Labute approximate surface area is 146 Å². The number of hydrogen-bond donors (Lipinski definition) is 2. The van der Waals surface area contributed by atoms with Crippen LogP contribution in [0, 0.1) is 0 Å². The number of nitrogens with one attached hydrogen (secondary N) is 2. The lowest BCUT2D eigenvalue weighted by molar-refractivity contribution is 0.197. The van der Waals surface area contributed by atoms with E-state index < -0.39 is 0 Å². The van der Waals surface area contributed by atoms with Gasteiger partial charge in [-0.1, -0.05) is 6.07 Å². The number of anilines is 3. The highest BCUT2D eigenvalue weighted by atomic mass is 16.5. The first-order valence-corrected chi connectivity index (χ1v) is 8.05. The molecule has 1 aromatic carbocycles. The largest absolute Gasteiger partial charge is 0.497 e. The molecule has 0 bridgehead atoms. The van der Waals surface area contributed by atoms with Gasteiger partial charge in [-0.15, -0.1) is 0 Å². The molecule has 0 atom stereocenters. The van der Waals surface area contributed by atoms with Crippen LogP contribution in [0.25, 0.3) is 11.0 Å². The van der Waals surface area contributed by atoms with Gasteiger partial charge in [0.1, 0.15) is 11.6 Å². The van der Waals surface area contributed by atoms with Gasteiger partial charge in [-0.3, -0.25) is 4.68 Å². The first-order chi connectivity index (χ1) is 12.2. The monoisotopic (exact) mass is 342 g/mol. The summed E-state index contributed by atoms with van der Waals surface area (Å²) in [5.41, 5.74) is 1.64. The minimum absolute atomic E-state index is 0.553. The molecule has 25 heavy (non-hydrogen) atoms. The second-order valence-electron chi connectivity index (χ2n) is 5.53. The van der Waals surface area contributed by atoms with Crippen molar-refractivity contribution >= 4 is 28.5 Å². The molecule has 0 spiro atoms. The number of rotatable bonds is 8. The molecule has 8 nitrogen and oxygen atoms in total. The third-order valence-corrected chi connectivity index (χ3v) is 3.73. The maximum Gasteiger partial charge on any atom is 0.226 e. The zero-order valence-corrected chi connectivity index (χ0v) is 14.6. The van der Waals surface area contributed by atoms with Gasteiger partial charge in [-0.05, 0) is 18.6 Å². The molecule has 0 aliphatic carbocycles. The van der Waals surface area contributed by atoms with Crippen LogP contribution >= 0.6 is 0 Å². The van der Waals surface area contributed by atoms with Crippen molar-refractivity contribution in [3.63, 3.8) is 0 Å². The Hall–Kier alpha value is -2.87. The summed E-state index contributed by atoms with van der Waals surface area (Å²) in [7, 11) is 5.19. The molecule has 8 heteroatoms. The average molecular weight is 342 g/mol. The first kappa shape index (κ1) is 17.0. The number of hydrogen-bond acceptors (Lipinski definition) is 7. The summed E-state index contributed by atoms with van der Waals surface area (Å²) < 4.78 is 12.1. The molecule has 3 rings (SSSR count). The van der Waals surface area contributed by atoms with Crippen LogP contribution in [0.2, 0.25) is 0 Å². The molecule has 3 aromatic rings. The van der Waals surface area contributed by atoms with Gasteiger partial charge in [-0.25, -0.2) is 0 Å². The fourth-order valence-electron chi connectivity index (χ4n) is 2.45. The maximum absolute atomic E-state index is 5.27. The Bertz CT molecular complexity index is 848. The summed E-state index contributed by atoms with van der Waals surface area (Å²) >= 11 is 0. The predicted molar refractivity (Wildman–Crippen MR) is 97.6 cm³/mol. The van der Waals surface area contributed by atoms with E-state index in [1.165, 1.54) is 0 Å². The van der Waals surface area contributed by atoms with E-state index in [0.29, 0.717) is 18.4 Å². The van der Waals surface area contributed by atoms with Crippen molar-refractivity contribution in [2.45, 2.75) is 6.42 Å². The van der Waals surface area contributed by atoms with Gasteiger partial charge < -0.3 is 20.1 Å². The quantitative estimate of drug-likeness (QED) is 0.608. The van der Waals surface area contributed by atoms with E-state index in [-0.39, 0.29) is 0 Å². The van der Waals surface area contributed by atoms with Crippen molar-refractivity contribution in [2.75, 3.05) is 38.0 Å². The van der Waals surface area contributed by atoms with E-state index in [1.807, 2.05) is 31.3 Å². The van der Waals surface area contributed by atoms with Gasteiger partial charge in [-0.2, -0.15) is 15.1 Å². The predicted octanol–water partition coefficient (Wildman–Crippen LogP) is 2.56. The van der Waals surface area contributed by atoms with Crippen molar-refractivity contribution in [3.8, 4) is 5.75 Å². The molecule has 132 valence electrons. The summed E-state index contributed by atoms with van der Waals surface area (Å²) in [6.07, 6.45) is 2.63. The fourth-order valence-corrected chi connectivity index (χ4v) is 2.45. The first-order valence-electron chi connectivity index (χ1n) is 8.05. The molecular formula is C17H22N6O2. The number of aryl methyl sites for hydroxylation is 1. The Kier molecular flexibility index (Phi) is 5.30. The van der Waals surface area contributed by atoms with E-state index in [9.17, 15) is 0 Å². The van der Waals surface area contributed by atoms with Crippen LogP contribution < -0.4 is 15.4 Å². The molecule has 2 aromatic heterocycles. The highest BCUT2D eigenvalue weighted by molar-refractivity contribution is 5.89. The number of aromatic nitrogens is 4. The molecular weight excluding hydrogens is 320 g/mol. The Morgan fingerprint density at radius 1 is 1.20 bits per heavy atom. The normalized spacial score (nSPS) is 10.8. The van der Waals surface area contributed by atoms with Crippen molar-refractivity contribution in [1.82, 2.24) is 19.7 Å². The molecule has 2 heterocycles. The van der Waals surface area contributed by atoms with Crippen molar-refractivity contribution < 1.29 is 9.47 Å². The van der Waals surface area contributed by atoms with E-state index in [0.717, 1.165) is 35.4 Å². The van der Waals surface area contributed by atoms with Crippen molar-refractivity contribution in [3.05, 3.63) is 30.5 Å². The Morgan fingerprint density at radius 2 is 2.08 bits per heavy atom. The van der Waals surface area contributed by atoms with Gasteiger partial charge in [0, 0.05) is 39.1 Å². The standard InChI is InChI=1S/C17H22N6O2/c1-23-16-14(11-19-23)15(20-12-6-4-7-13(10-12)25-3)21-17(22-16)18-8-5-9-24-2/h4,6-7,10-11H,5,8-9H2,1-3H3,(H2,18,20,21,22). The molecule has 0 unspecified atom stereocenters. The lowest BCUT2D eigenvalue weighted by Gasteiger charge is -2.11. The third-order valence-electron chi connectivity index (χ3n) is 3.73. The van der Waals surface area contributed by atoms with E-state index >= 15 is 0 Å². The van der Waals surface area contributed by atoms with Gasteiger partial charge in [0.05, 0.1) is 18.7 Å². The zero-order chi connectivity index (χ0) is 17.6. The molecule has 0 saturated carbocycles. The van der Waals surface area contributed by atoms with Crippen LogP contribution in [0.4, 0.5) is 17.5 Å². The van der Waals surface area contributed by atoms with Gasteiger partial charge >= 0.3 is 0 Å². The van der Waals surface area contributed by atoms with Crippen LogP contribution in [-0.4, -0.2) is 47.1 Å². The van der Waals surface area contributed by atoms with Gasteiger partial charge in [0.25, 0.3) is 0 Å². The maximum atomic E-state index is 5.27. The van der Waals surface area contributed by atoms with Crippen LogP contribution in [0.15, 0.2) is 30.5 Å². The Balaban J connectivity index is 1.89. The molecule has 0 aliphatic heterocycles. The van der Waals surface area contributed by atoms with Crippen LogP contribution in [0.3, 0.4) is 0 Å². The fraction of sp³-hybridized carbons (Fsp3) is 0.353. The minimum Gasteiger partial charge on any atom is -0.497 e. The number of ether oxygens (including phenoxy) is 2. The number of nitrogens with zero attached hydrogens (tertiary/aromatic N) is 4. The SMILES string of the molecule is COCCCNc1nc(Nc2cccc(OC)c2)c2cnn(C)c2n1. The van der Waals surface area contributed by atoms with Crippen molar-refractivity contribution in [1.29, 1.82) is 0 Å². The van der Waals surface area contributed by atoms with Gasteiger partial charge in [0.15, 0.2) is 5.65 Å². The summed E-state index contributed by atoms with van der Waals surface area (Å²) in [6.45, 7) is 1.42. The zero-order valence-electron chi connectivity index (χ0n) is 14.6. The highest BCUT2D eigenvalue weighted by Crippen LogP contribution is 2.26. The summed E-state index contributed by atoms with van der Waals surface area (Å²) in [4.78, 5) is 9.14. The van der Waals surface area contributed by atoms with E-state index in [4.69, 9.17) is 9.47 Å². The highest BCUT2D eigenvalue weighted by Gasteiger charge is 2.12. The molecule has 0 saturated heterocycles. The lowest BCUT2D eigenvalue weighted by Crippen LogP contribution is -2.09. The molecule has 2 N–H and O–H groups in total. The Morgan fingerprint density at radius 3 is 2.88 bits per heavy atom. The smallest absolute Gasteiger partial charge is 0.226 e. The second kappa shape index (κ2) is 7.80. The topological polar surface area (TPSA) is 86.1 Å². The summed E-state index contributed by atoms with van der Waals surface area (Å²) in [5.74, 6) is 2.03. The third kappa shape index (κ3) is 3.97. The van der Waals surface area contributed by atoms with E-state index in [1.54, 1.807) is 25.1 Å². The number of methoxy groups -OCH3 is 2. The molecule has 0 radical (unpaired) electrons. The van der Waals surface area contributed by atoms with Crippen LogP contribution in [-0.2, 0) is 11.8 Å². The average Bonchev–Trinajstić information content (AvgIpc) is 3.00. The molecule has 0 amide bonds. The summed E-state index contributed by atoms with van der Waals surface area (Å²) in [6, 6.07) is 7.69. The molecule has 0 aliphatic rings. The lowest BCUT2D eigenvalue weighted by atomic mass is 10.3. The van der Waals surface area contributed by atoms with Crippen LogP contribution in [0.1, 0.15) is 6.42 Å². The van der Waals surface area contributed by atoms with E-state index in [2.05, 4.69) is 25.7 Å². The molecule has 0 fully saturated rings. The van der Waals surface area contributed by atoms with Gasteiger partial charge in [0.2, 0.25) is 5.95 Å². The number of benzene rings is 1. The number of fused-ring (bicyclic) bond motifs is 1.